The minimum Gasteiger partial charge on any atom is -0.449 e. The van der Waals surface area contributed by atoms with Gasteiger partial charge in [-0.3, -0.25) is 4.98 Å². The van der Waals surface area contributed by atoms with Gasteiger partial charge in [0, 0.05) is 24.0 Å². The van der Waals surface area contributed by atoms with Crippen molar-refractivity contribution in [3.8, 4) is 0 Å². The summed E-state index contributed by atoms with van der Waals surface area (Å²) in [5.74, 6) is 0.846. The SMILES string of the molecule is O=C(Cl)OCc1ccccc1.c1cncc(C2CC2)c1. The van der Waals surface area contributed by atoms with E-state index in [4.69, 9.17) is 11.6 Å². The Morgan fingerprint density at radius 2 is 1.95 bits per heavy atom. The maximum Gasteiger partial charge on any atom is 0.404 e. The molecule has 0 atom stereocenters. The van der Waals surface area contributed by atoms with E-state index in [1.54, 1.807) is 0 Å². The molecule has 1 aliphatic carbocycles. The lowest BCUT2D eigenvalue weighted by Crippen LogP contribution is -1.93. The fourth-order valence-corrected chi connectivity index (χ4v) is 1.80. The predicted octanol–water partition coefficient (Wildman–Crippen LogP) is 4.52. The number of benzene rings is 1. The van der Waals surface area contributed by atoms with E-state index >= 15 is 0 Å². The van der Waals surface area contributed by atoms with Crippen molar-refractivity contribution in [3.05, 3.63) is 66.0 Å². The highest BCUT2D eigenvalue weighted by Gasteiger charge is 2.22. The molecule has 4 heteroatoms. The van der Waals surface area contributed by atoms with Gasteiger partial charge >= 0.3 is 5.43 Å². The van der Waals surface area contributed by atoms with Crippen LogP contribution in [0.5, 0.6) is 0 Å². The molecule has 3 nitrogen and oxygen atoms in total. The van der Waals surface area contributed by atoms with Crippen molar-refractivity contribution in [1.82, 2.24) is 4.98 Å². The minimum atomic E-state index is -0.770. The van der Waals surface area contributed by atoms with E-state index in [0.717, 1.165) is 11.5 Å². The number of aromatic nitrogens is 1. The molecular formula is C16H16ClNO2. The van der Waals surface area contributed by atoms with E-state index in [0.29, 0.717) is 0 Å². The Morgan fingerprint density at radius 1 is 1.20 bits per heavy atom. The first-order valence-corrected chi connectivity index (χ1v) is 6.89. The van der Waals surface area contributed by atoms with E-state index in [2.05, 4.69) is 15.8 Å². The van der Waals surface area contributed by atoms with Crippen LogP contribution in [0.2, 0.25) is 0 Å². The third-order valence-corrected chi connectivity index (χ3v) is 3.04. The number of carbonyl (C=O) groups is 1. The normalized spacial score (nSPS) is 13.1. The van der Waals surface area contributed by atoms with E-state index < -0.39 is 5.43 Å². The van der Waals surface area contributed by atoms with Gasteiger partial charge in [0.2, 0.25) is 0 Å². The summed E-state index contributed by atoms with van der Waals surface area (Å²) in [5, 5.41) is 0. The summed E-state index contributed by atoms with van der Waals surface area (Å²) >= 11 is 4.97. The summed E-state index contributed by atoms with van der Waals surface area (Å²) in [7, 11) is 0. The van der Waals surface area contributed by atoms with Crippen LogP contribution in [0.15, 0.2) is 54.9 Å². The third-order valence-electron chi connectivity index (χ3n) is 2.93. The van der Waals surface area contributed by atoms with Crippen LogP contribution in [0.3, 0.4) is 0 Å². The lowest BCUT2D eigenvalue weighted by molar-refractivity contribution is 0.167. The molecule has 0 bridgehead atoms. The van der Waals surface area contributed by atoms with Gasteiger partial charge in [-0.05, 0) is 36.0 Å². The van der Waals surface area contributed by atoms with Crippen LogP contribution in [0.1, 0.15) is 29.9 Å². The van der Waals surface area contributed by atoms with Gasteiger partial charge in [0.1, 0.15) is 6.61 Å². The summed E-state index contributed by atoms with van der Waals surface area (Å²) < 4.78 is 4.55. The summed E-state index contributed by atoms with van der Waals surface area (Å²) in [6.07, 6.45) is 6.53. The van der Waals surface area contributed by atoms with Gasteiger partial charge in [-0.2, -0.15) is 0 Å². The van der Waals surface area contributed by atoms with Gasteiger partial charge in [0.25, 0.3) is 0 Å². The fourth-order valence-electron chi connectivity index (χ4n) is 1.75. The summed E-state index contributed by atoms with van der Waals surface area (Å²) in [4.78, 5) is 14.2. The molecule has 3 rings (SSSR count). The molecule has 20 heavy (non-hydrogen) atoms. The average molecular weight is 290 g/mol. The van der Waals surface area contributed by atoms with E-state index in [-0.39, 0.29) is 6.61 Å². The molecule has 1 aliphatic rings. The summed E-state index contributed by atoms with van der Waals surface area (Å²) in [6.45, 7) is 0.239. The van der Waals surface area contributed by atoms with Crippen molar-refractivity contribution in [2.45, 2.75) is 25.4 Å². The monoisotopic (exact) mass is 289 g/mol. The van der Waals surface area contributed by atoms with E-state index in [9.17, 15) is 4.79 Å². The number of ether oxygens (including phenoxy) is 1. The Bertz CT molecular complexity index is 527. The molecule has 0 amide bonds. The molecule has 0 aliphatic heterocycles. The lowest BCUT2D eigenvalue weighted by atomic mass is 10.2. The second kappa shape index (κ2) is 7.65. The van der Waals surface area contributed by atoms with E-state index in [1.165, 1.54) is 18.4 Å². The van der Waals surface area contributed by atoms with Gasteiger partial charge in [0.05, 0.1) is 0 Å². The summed E-state index contributed by atoms with van der Waals surface area (Å²) in [6, 6.07) is 13.5. The van der Waals surface area contributed by atoms with Crippen LogP contribution in [0.4, 0.5) is 4.79 Å². The highest BCUT2D eigenvalue weighted by Crippen LogP contribution is 2.39. The molecule has 0 spiro atoms. The molecule has 0 radical (unpaired) electrons. The number of carbonyl (C=O) groups excluding carboxylic acids is 1. The zero-order valence-electron chi connectivity index (χ0n) is 11.0. The molecule has 1 aromatic heterocycles. The topological polar surface area (TPSA) is 39.2 Å². The molecule has 104 valence electrons. The Labute approximate surface area is 123 Å². The van der Waals surface area contributed by atoms with Crippen LogP contribution in [0.25, 0.3) is 0 Å². The molecule has 1 saturated carbocycles. The van der Waals surface area contributed by atoms with Crippen LogP contribution in [0, 0.1) is 0 Å². The highest BCUT2D eigenvalue weighted by atomic mass is 35.5. The first-order valence-electron chi connectivity index (χ1n) is 6.52. The molecule has 0 N–H and O–H groups in total. The molecular weight excluding hydrogens is 274 g/mol. The van der Waals surface area contributed by atoms with E-state index in [1.807, 2.05) is 48.8 Å². The van der Waals surface area contributed by atoms with Crippen molar-refractivity contribution in [3.63, 3.8) is 0 Å². The second-order valence-electron chi connectivity index (χ2n) is 4.57. The lowest BCUT2D eigenvalue weighted by Gasteiger charge is -1.98. The largest absolute Gasteiger partial charge is 0.449 e. The number of halogens is 1. The van der Waals surface area contributed by atoms with Gasteiger partial charge < -0.3 is 4.74 Å². The third kappa shape index (κ3) is 5.41. The van der Waals surface area contributed by atoms with Crippen LogP contribution < -0.4 is 0 Å². The Morgan fingerprint density at radius 3 is 2.50 bits per heavy atom. The maximum atomic E-state index is 10.2. The number of pyridine rings is 1. The predicted molar refractivity (Wildman–Crippen MR) is 78.7 cm³/mol. The van der Waals surface area contributed by atoms with Crippen molar-refractivity contribution in [1.29, 1.82) is 0 Å². The fraction of sp³-hybridized carbons (Fsp3) is 0.250. The molecule has 1 fully saturated rings. The molecule has 1 heterocycles. The average Bonchev–Trinajstić information content (AvgIpc) is 3.33. The van der Waals surface area contributed by atoms with Gasteiger partial charge in [-0.15, -0.1) is 0 Å². The molecule has 1 aromatic carbocycles. The van der Waals surface area contributed by atoms with Crippen molar-refractivity contribution in [2.24, 2.45) is 0 Å². The van der Waals surface area contributed by atoms with Crippen LogP contribution in [-0.2, 0) is 11.3 Å². The van der Waals surface area contributed by atoms with Crippen molar-refractivity contribution in [2.75, 3.05) is 0 Å². The molecule has 2 aromatic rings. The second-order valence-corrected chi connectivity index (χ2v) is 4.88. The standard InChI is InChI=1S/C8H7ClO2.C8H9N/c9-8(10)11-6-7-4-2-1-3-5-7;1-2-8(6-9-5-1)7-3-4-7/h1-5H,6H2;1-2,5-7H,3-4H2. The first-order chi connectivity index (χ1) is 9.75. The zero-order chi connectivity index (χ0) is 14.2. The summed E-state index contributed by atoms with van der Waals surface area (Å²) in [5.41, 5.74) is 1.58. The highest BCUT2D eigenvalue weighted by molar-refractivity contribution is 6.61. The van der Waals surface area contributed by atoms with Crippen molar-refractivity contribution >= 4 is 17.0 Å². The van der Waals surface area contributed by atoms with Gasteiger partial charge in [-0.1, -0.05) is 36.4 Å². The first kappa shape index (κ1) is 14.5. The minimum absolute atomic E-state index is 0.239. The Balaban J connectivity index is 0.000000149. The quantitative estimate of drug-likeness (QED) is 0.780. The number of hydrogen-bond donors (Lipinski definition) is 0. The van der Waals surface area contributed by atoms with Crippen molar-refractivity contribution < 1.29 is 9.53 Å². The van der Waals surface area contributed by atoms with Gasteiger partial charge in [-0.25, -0.2) is 4.79 Å². The Hall–Kier alpha value is -1.87. The zero-order valence-corrected chi connectivity index (χ0v) is 11.8. The molecule has 0 saturated heterocycles. The Kier molecular flexibility index (Phi) is 5.56. The number of rotatable bonds is 3. The van der Waals surface area contributed by atoms with Crippen LogP contribution in [-0.4, -0.2) is 10.4 Å². The molecule has 0 unspecified atom stereocenters. The van der Waals surface area contributed by atoms with Crippen LogP contribution >= 0.6 is 11.6 Å². The smallest absolute Gasteiger partial charge is 0.404 e. The van der Waals surface area contributed by atoms with Gasteiger partial charge in [0.15, 0.2) is 0 Å². The number of hydrogen-bond acceptors (Lipinski definition) is 3. The number of nitrogens with zero attached hydrogens (tertiary/aromatic N) is 1. The maximum absolute atomic E-state index is 10.2.